The second kappa shape index (κ2) is 12.7. The van der Waals surface area contributed by atoms with Crippen molar-refractivity contribution in [3.63, 3.8) is 0 Å². The van der Waals surface area contributed by atoms with Gasteiger partial charge in [-0.1, -0.05) is 140 Å². The highest BCUT2D eigenvalue weighted by atomic mass is 16.1. The molecule has 11 aromatic carbocycles. The van der Waals surface area contributed by atoms with Gasteiger partial charge in [0.05, 0.1) is 33.1 Å². The Kier molecular flexibility index (Phi) is 6.79. The third-order valence-corrected chi connectivity index (χ3v) is 14.3. The van der Waals surface area contributed by atoms with E-state index in [-0.39, 0.29) is 5.56 Å². The molecular formula is C61H35N3O. The van der Waals surface area contributed by atoms with E-state index >= 15 is 0 Å². The molecule has 0 saturated heterocycles. The first-order valence-electron chi connectivity index (χ1n) is 22.3. The van der Waals surface area contributed by atoms with Gasteiger partial charge in [-0.15, -0.1) is 0 Å². The lowest BCUT2D eigenvalue weighted by molar-refractivity contribution is 1.18. The van der Waals surface area contributed by atoms with Crippen molar-refractivity contribution in [2.24, 2.45) is 0 Å². The molecule has 4 aromatic heterocycles. The summed E-state index contributed by atoms with van der Waals surface area (Å²) in [5, 5.41) is 17.3. The normalized spacial score (nSPS) is 12.4. The maximum Gasteiger partial charge on any atom is 0.263 e. The van der Waals surface area contributed by atoms with Gasteiger partial charge in [-0.3, -0.25) is 9.20 Å². The molecule has 0 aliphatic heterocycles. The number of pyridine rings is 1. The predicted molar refractivity (Wildman–Crippen MR) is 274 cm³/mol. The van der Waals surface area contributed by atoms with E-state index in [1.807, 2.05) is 22.6 Å². The maximum atomic E-state index is 14.1. The molecule has 0 bridgehead atoms. The summed E-state index contributed by atoms with van der Waals surface area (Å²) in [4.78, 5) is 14.1. The Morgan fingerprint density at radius 1 is 0.246 bits per heavy atom. The van der Waals surface area contributed by atoms with Crippen molar-refractivity contribution in [1.29, 1.82) is 0 Å². The van der Waals surface area contributed by atoms with Gasteiger partial charge in [0.1, 0.15) is 0 Å². The highest BCUT2D eigenvalue weighted by Crippen LogP contribution is 2.43. The first-order valence-corrected chi connectivity index (χ1v) is 22.3. The highest BCUT2D eigenvalue weighted by molar-refractivity contribution is 6.27. The van der Waals surface area contributed by atoms with Crippen LogP contribution in [0.1, 0.15) is 0 Å². The lowest BCUT2D eigenvalue weighted by atomic mass is 9.91. The molecule has 15 aromatic rings. The first kappa shape index (κ1) is 34.8. The fraction of sp³-hybridized carbons (Fsp3) is 0. The molecule has 4 heterocycles. The molecule has 0 aliphatic rings. The molecule has 65 heavy (non-hydrogen) atoms. The SMILES string of the molecule is O=c1c2ccccc2c2cccc3c4cc(-c5ccc6c7ccccc7c7ccc(-n8c9ccccc9c9cc%10c(cc98)c8ccccc8n%10-c8ccccc8)cc7c6c5)ccc4n1c23. The molecular weight excluding hydrogens is 791 g/mol. The van der Waals surface area contributed by atoms with Crippen molar-refractivity contribution in [2.75, 3.05) is 0 Å². The van der Waals surface area contributed by atoms with E-state index in [0.717, 1.165) is 60.5 Å². The van der Waals surface area contributed by atoms with Gasteiger partial charge in [0.2, 0.25) is 0 Å². The summed E-state index contributed by atoms with van der Waals surface area (Å²) in [6, 6.07) is 76.9. The van der Waals surface area contributed by atoms with Gasteiger partial charge < -0.3 is 9.13 Å². The average Bonchev–Trinajstić information content (AvgIpc) is 4.00. The van der Waals surface area contributed by atoms with E-state index in [4.69, 9.17) is 0 Å². The second-order valence-electron chi connectivity index (χ2n) is 17.6. The molecule has 300 valence electrons. The second-order valence-corrected chi connectivity index (χ2v) is 17.6. The summed E-state index contributed by atoms with van der Waals surface area (Å²) in [6.45, 7) is 0. The van der Waals surface area contributed by atoms with Crippen LogP contribution in [0.5, 0.6) is 0 Å². The zero-order valence-electron chi connectivity index (χ0n) is 35.0. The van der Waals surface area contributed by atoms with Crippen LogP contribution < -0.4 is 5.56 Å². The Hall–Kier alpha value is -8.73. The lowest BCUT2D eigenvalue weighted by Crippen LogP contribution is -2.12. The molecule has 0 unspecified atom stereocenters. The molecule has 15 rings (SSSR count). The van der Waals surface area contributed by atoms with Crippen molar-refractivity contribution < 1.29 is 0 Å². The molecule has 0 atom stereocenters. The minimum atomic E-state index is 0.0264. The predicted octanol–water partition coefficient (Wildman–Crippen LogP) is 15.5. The van der Waals surface area contributed by atoms with Crippen LogP contribution in [0, 0.1) is 0 Å². The van der Waals surface area contributed by atoms with Crippen LogP contribution in [-0.2, 0) is 0 Å². The first-order chi connectivity index (χ1) is 32.2. The molecule has 0 aliphatic carbocycles. The van der Waals surface area contributed by atoms with Crippen molar-refractivity contribution in [3.8, 4) is 22.5 Å². The number of hydrogen-bond donors (Lipinski definition) is 0. The third-order valence-electron chi connectivity index (χ3n) is 14.3. The zero-order chi connectivity index (χ0) is 42.5. The van der Waals surface area contributed by atoms with Gasteiger partial charge in [0.15, 0.2) is 0 Å². The number of fused-ring (bicyclic) bond motifs is 17. The van der Waals surface area contributed by atoms with Gasteiger partial charge in [0, 0.05) is 54.5 Å². The van der Waals surface area contributed by atoms with Crippen LogP contribution >= 0.6 is 0 Å². The zero-order valence-corrected chi connectivity index (χ0v) is 35.0. The molecule has 0 saturated carbocycles. The van der Waals surface area contributed by atoms with Crippen LogP contribution in [0.4, 0.5) is 0 Å². The van der Waals surface area contributed by atoms with E-state index in [9.17, 15) is 4.79 Å². The van der Waals surface area contributed by atoms with Gasteiger partial charge >= 0.3 is 0 Å². The maximum absolute atomic E-state index is 14.1. The van der Waals surface area contributed by atoms with E-state index in [0.29, 0.717) is 0 Å². The Balaban J connectivity index is 0.985. The Morgan fingerprint density at radius 3 is 1.35 bits per heavy atom. The largest absolute Gasteiger partial charge is 0.309 e. The summed E-state index contributed by atoms with van der Waals surface area (Å²) < 4.78 is 6.80. The number of para-hydroxylation sites is 4. The standard InChI is InChI=1S/C61H35N3O/c65-61-49-20-7-6-17-42(49)47-21-12-22-48-52-32-37(26-30-57(52)64(61)60(47)48)36-25-28-43-40-15-4-5-16-41(40)44-29-27-39(33-51(44)50(43)31-36)63-56-24-11-9-19-46(56)54-34-58-53(35-59(54)63)45-18-8-10-23-55(45)62(58)38-13-2-1-3-14-38/h1-35H. The quantitative estimate of drug-likeness (QED) is 0.163. The Morgan fingerprint density at radius 2 is 0.692 bits per heavy atom. The fourth-order valence-electron chi connectivity index (χ4n) is 11.5. The van der Waals surface area contributed by atoms with Crippen LogP contribution in [0.15, 0.2) is 217 Å². The van der Waals surface area contributed by atoms with Crippen molar-refractivity contribution in [2.45, 2.75) is 0 Å². The molecule has 0 amide bonds. The van der Waals surface area contributed by atoms with Gasteiger partial charge in [-0.2, -0.15) is 0 Å². The smallest absolute Gasteiger partial charge is 0.263 e. The number of nitrogens with zero attached hydrogens (tertiary/aromatic N) is 3. The molecule has 0 fully saturated rings. The van der Waals surface area contributed by atoms with E-state index in [1.165, 1.54) is 75.9 Å². The molecule has 0 radical (unpaired) electrons. The minimum absolute atomic E-state index is 0.0264. The molecule has 4 heteroatoms. The van der Waals surface area contributed by atoms with Crippen molar-refractivity contribution >= 4 is 114 Å². The molecule has 4 nitrogen and oxygen atoms in total. The summed E-state index contributed by atoms with van der Waals surface area (Å²) >= 11 is 0. The van der Waals surface area contributed by atoms with Gasteiger partial charge in [-0.05, 0) is 122 Å². The number of aromatic nitrogens is 3. The summed E-state index contributed by atoms with van der Waals surface area (Å²) in [5.74, 6) is 0. The fourth-order valence-corrected chi connectivity index (χ4v) is 11.5. The number of hydrogen-bond acceptors (Lipinski definition) is 1. The average molecular weight is 826 g/mol. The van der Waals surface area contributed by atoms with E-state index in [1.54, 1.807) is 0 Å². The highest BCUT2D eigenvalue weighted by Gasteiger charge is 2.21. The monoisotopic (exact) mass is 825 g/mol. The summed E-state index contributed by atoms with van der Waals surface area (Å²) in [6.07, 6.45) is 0. The summed E-state index contributed by atoms with van der Waals surface area (Å²) in [7, 11) is 0. The molecule has 0 spiro atoms. The van der Waals surface area contributed by atoms with Crippen LogP contribution in [0.25, 0.3) is 136 Å². The van der Waals surface area contributed by atoms with E-state index in [2.05, 4.69) is 203 Å². The third kappa shape index (κ3) is 4.62. The lowest BCUT2D eigenvalue weighted by Gasteiger charge is -2.15. The van der Waals surface area contributed by atoms with Crippen molar-refractivity contribution in [3.05, 3.63) is 223 Å². The molecule has 0 N–H and O–H groups in total. The number of benzene rings is 11. The summed E-state index contributed by atoms with van der Waals surface area (Å²) in [5.41, 5.74) is 11.2. The van der Waals surface area contributed by atoms with E-state index < -0.39 is 0 Å². The van der Waals surface area contributed by atoms with Gasteiger partial charge in [0.25, 0.3) is 5.56 Å². The van der Waals surface area contributed by atoms with Crippen LogP contribution in [0.2, 0.25) is 0 Å². The Bertz CT molecular complexity index is 4610. The van der Waals surface area contributed by atoms with Crippen LogP contribution in [-0.4, -0.2) is 13.5 Å². The number of rotatable bonds is 3. The minimum Gasteiger partial charge on any atom is -0.309 e. The Labute approximate surface area is 371 Å². The topological polar surface area (TPSA) is 31.3 Å². The van der Waals surface area contributed by atoms with Crippen molar-refractivity contribution in [1.82, 2.24) is 13.5 Å². The van der Waals surface area contributed by atoms with Crippen LogP contribution in [0.3, 0.4) is 0 Å². The van der Waals surface area contributed by atoms with Gasteiger partial charge in [-0.25, -0.2) is 0 Å².